The van der Waals surface area contributed by atoms with E-state index in [1.54, 1.807) is 11.8 Å². The van der Waals surface area contributed by atoms with E-state index in [2.05, 4.69) is 20.9 Å². The molecule has 0 bridgehead atoms. The second kappa shape index (κ2) is 7.11. The van der Waals surface area contributed by atoms with Gasteiger partial charge in [0.2, 0.25) is 0 Å². The van der Waals surface area contributed by atoms with Crippen molar-refractivity contribution in [2.45, 2.75) is 0 Å². The molecule has 0 saturated carbocycles. The second-order valence-corrected chi connectivity index (χ2v) is 6.84. The van der Waals surface area contributed by atoms with Gasteiger partial charge in [0.05, 0.1) is 13.1 Å². The number of ketones is 1. The molecule has 0 aliphatic carbocycles. The number of rotatable bonds is 4. The predicted octanol–water partition coefficient (Wildman–Crippen LogP) is 4.24. The fourth-order valence-corrected chi connectivity index (χ4v) is 3.37. The second-order valence-electron chi connectivity index (χ2n) is 4.86. The molecule has 2 aromatic rings. The number of Topliss-reactive ketones (excluding diaryl/α,β-unsaturated/α-hetero) is 1. The molecule has 22 heavy (non-hydrogen) atoms. The molecule has 3 nitrogen and oxygen atoms in total. The minimum Gasteiger partial charge on any atom is -0.313 e. The summed E-state index contributed by atoms with van der Waals surface area (Å²) >= 11 is 5.14. The molecular formula is C17H15BrN2OS. The van der Waals surface area contributed by atoms with Gasteiger partial charge in [-0.3, -0.25) is 9.79 Å². The number of benzene rings is 2. The Balaban J connectivity index is 1.86. The van der Waals surface area contributed by atoms with Crippen LogP contribution in [-0.2, 0) is 0 Å². The van der Waals surface area contributed by atoms with Crippen molar-refractivity contribution in [1.29, 1.82) is 0 Å². The summed E-state index contributed by atoms with van der Waals surface area (Å²) < 4.78 is 1.02. The van der Waals surface area contributed by atoms with Crippen LogP contribution in [0.2, 0.25) is 0 Å². The zero-order valence-corrected chi connectivity index (χ0v) is 14.3. The molecule has 1 aliphatic heterocycles. The van der Waals surface area contributed by atoms with Crippen molar-refractivity contribution < 1.29 is 4.79 Å². The summed E-state index contributed by atoms with van der Waals surface area (Å²) in [5.41, 5.74) is 1.72. The molecule has 0 N–H and O–H groups in total. The summed E-state index contributed by atoms with van der Waals surface area (Å²) in [6.45, 7) is 1.12. The number of amidine groups is 1. The summed E-state index contributed by atoms with van der Waals surface area (Å²) in [4.78, 5) is 19.1. The normalized spacial score (nSPS) is 13.8. The van der Waals surface area contributed by atoms with Crippen LogP contribution in [-0.4, -0.2) is 29.8 Å². The Hall–Kier alpha value is -1.59. The van der Waals surface area contributed by atoms with Gasteiger partial charge < -0.3 is 4.90 Å². The van der Waals surface area contributed by atoms with Crippen molar-refractivity contribution in [3.63, 3.8) is 0 Å². The topological polar surface area (TPSA) is 32.7 Å². The average molecular weight is 375 g/mol. The highest BCUT2D eigenvalue weighted by molar-refractivity contribution is 9.10. The zero-order valence-electron chi connectivity index (χ0n) is 11.9. The van der Waals surface area contributed by atoms with Crippen LogP contribution in [0.25, 0.3) is 0 Å². The quantitative estimate of drug-likeness (QED) is 0.750. The van der Waals surface area contributed by atoms with Crippen LogP contribution in [0.3, 0.4) is 0 Å². The molecule has 112 valence electrons. The largest absolute Gasteiger partial charge is 0.313 e. The van der Waals surface area contributed by atoms with E-state index in [1.165, 1.54) is 0 Å². The number of carbonyl (C=O) groups is 1. The minimum absolute atomic E-state index is 0.0960. The van der Waals surface area contributed by atoms with E-state index >= 15 is 0 Å². The maximum absolute atomic E-state index is 12.5. The molecule has 0 aromatic heterocycles. The number of hydrogen-bond acceptors (Lipinski definition) is 4. The molecule has 0 saturated heterocycles. The lowest BCUT2D eigenvalue weighted by Crippen LogP contribution is -2.33. The Morgan fingerprint density at radius 2 is 1.86 bits per heavy atom. The maximum atomic E-state index is 12.5. The molecule has 1 heterocycles. The maximum Gasteiger partial charge on any atom is 0.182 e. The Labute approximate surface area is 142 Å². The third-order valence-corrected chi connectivity index (χ3v) is 4.86. The monoisotopic (exact) mass is 374 g/mol. The van der Waals surface area contributed by atoms with E-state index in [1.807, 2.05) is 59.5 Å². The van der Waals surface area contributed by atoms with Gasteiger partial charge in [0.15, 0.2) is 11.0 Å². The van der Waals surface area contributed by atoms with Gasteiger partial charge in [-0.15, -0.1) is 0 Å². The first-order valence-corrected chi connectivity index (χ1v) is 8.80. The van der Waals surface area contributed by atoms with E-state index in [0.717, 1.165) is 33.2 Å². The predicted molar refractivity (Wildman–Crippen MR) is 97.0 cm³/mol. The first-order chi connectivity index (χ1) is 10.7. The molecule has 0 spiro atoms. The van der Waals surface area contributed by atoms with E-state index in [9.17, 15) is 4.79 Å². The fourth-order valence-electron chi connectivity index (χ4n) is 2.24. The summed E-state index contributed by atoms with van der Waals surface area (Å²) in [7, 11) is 0. The molecule has 0 atom stereocenters. The highest BCUT2D eigenvalue weighted by Crippen LogP contribution is 2.25. The molecule has 1 aliphatic rings. The molecule has 0 fully saturated rings. The molecular weight excluding hydrogens is 360 g/mol. The molecule has 0 unspecified atom stereocenters. The Bertz CT molecular complexity index is 686. The van der Waals surface area contributed by atoms with Gasteiger partial charge in [0.25, 0.3) is 0 Å². The van der Waals surface area contributed by atoms with Crippen LogP contribution in [0.15, 0.2) is 64.1 Å². The molecule has 0 amide bonds. The zero-order chi connectivity index (χ0) is 15.4. The summed E-state index contributed by atoms with van der Waals surface area (Å²) in [5, 5.41) is 0.923. The van der Waals surface area contributed by atoms with Gasteiger partial charge in [-0.05, 0) is 24.3 Å². The van der Waals surface area contributed by atoms with E-state index in [0.29, 0.717) is 6.54 Å². The van der Waals surface area contributed by atoms with Gasteiger partial charge in [-0.25, -0.2) is 0 Å². The first-order valence-electron chi connectivity index (χ1n) is 7.02. The number of anilines is 1. The van der Waals surface area contributed by atoms with Gasteiger partial charge in [0, 0.05) is 21.5 Å². The smallest absolute Gasteiger partial charge is 0.182 e. The van der Waals surface area contributed by atoms with Crippen molar-refractivity contribution >= 4 is 44.3 Å². The number of nitrogens with zero attached hydrogens (tertiary/aromatic N) is 2. The van der Waals surface area contributed by atoms with E-state index in [-0.39, 0.29) is 5.78 Å². The Morgan fingerprint density at radius 1 is 1.14 bits per heavy atom. The fraction of sp³-hybridized carbons (Fsp3) is 0.176. The van der Waals surface area contributed by atoms with Crippen LogP contribution in [0.5, 0.6) is 0 Å². The van der Waals surface area contributed by atoms with Gasteiger partial charge in [-0.2, -0.15) is 0 Å². The lowest BCUT2D eigenvalue weighted by Gasteiger charge is -2.23. The average Bonchev–Trinajstić information content (AvgIpc) is 3.08. The summed E-state index contributed by atoms with van der Waals surface area (Å²) in [6, 6.07) is 17.4. The highest BCUT2D eigenvalue weighted by atomic mass is 79.9. The standard InChI is InChI=1S/C17H15BrN2OS/c18-14-6-8-15(9-7-14)20(17-19-10-11-22-17)12-16(21)13-4-2-1-3-5-13/h1-9H,10-12H2. The highest BCUT2D eigenvalue weighted by Gasteiger charge is 2.21. The van der Waals surface area contributed by atoms with Crippen LogP contribution in [0.1, 0.15) is 10.4 Å². The summed E-state index contributed by atoms with van der Waals surface area (Å²) in [6.07, 6.45) is 0. The number of halogens is 1. The number of carbonyl (C=O) groups excluding carboxylic acids is 1. The minimum atomic E-state index is 0.0960. The van der Waals surface area contributed by atoms with Gasteiger partial charge >= 0.3 is 0 Å². The van der Waals surface area contributed by atoms with Crippen molar-refractivity contribution in [2.75, 3.05) is 23.7 Å². The van der Waals surface area contributed by atoms with Gasteiger partial charge in [-0.1, -0.05) is 58.0 Å². The molecule has 0 radical (unpaired) electrons. The number of thioether (sulfide) groups is 1. The summed E-state index contributed by atoms with van der Waals surface area (Å²) in [5.74, 6) is 1.07. The van der Waals surface area contributed by atoms with Crippen LogP contribution >= 0.6 is 27.7 Å². The van der Waals surface area contributed by atoms with Crippen molar-refractivity contribution in [3.8, 4) is 0 Å². The van der Waals surface area contributed by atoms with Crippen LogP contribution in [0.4, 0.5) is 5.69 Å². The van der Waals surface area contributed by atoms with Crippen molar-refractivity contribution in [2.24, 2.45) is 4.99 Å². The van der Waals surface area contributed by atoms with Crippen LogP contribution < -0.4 is 4.90 Å². The number of hydrogen-bond donors (Lipinski definition) is 0. The molecule has 2 aromatic carbocycles. The Kier molecular flexibility index (Phi) is 4.95. The SMILES string of the molecule is O=C(CN(C1=NCCS1)c1ccc(Br)cc1)c1ccccc1. The van der Waals surface area contributed by atoms with Gasteiger partial charge in [0.1, 0.15) is 0 Å². The van der Waals surface area contributed by atoms with Crippen LogP contribution in [0, 0.1) is 0 Å². The van der Waals surface area contributed by atoms with Crippen molar-refractivity contribution in [1.82, 2.24) is 0 Å². The lowest BCUT2D eigenvalue weighted by molar-refractivity contribution is 0.100. The number of aliphatic imine (C=N–C) groups is 1. The molecule has 5 heteroatoms. The first kappa shape index (κ1) is 15.3. The Morgan fingerprint density at radius 3 is 2.50 bits per heavy atom. The molecule has 3 rings (SSSR count). The van der Waals surface area contributed by atoms with E-state index < -0.39 is 0 Å². The van der Waals surface area contributed by atoms with E-state index in [4.69, 9.17) is 0 Å². The third-order valence-electron chi connectivity index (χ3n) is 3.34. The third kappa shape index (κ3) is 3.59. The van der Waals surface area contributed by atoms with Crippen molar-refractivity contribution in [3.05, 3.63) is 64.6 Å². The lowest BCUT2D eigenvalue weighted by atomic mass is 10.1.